The van der Waals surface area contributed by atoms with Crippen molar-refractivity contribution >= 4 is 10.0 Å². The highest BCUT2D eigenvalue weighted by Gasteiger charge is 2.52. The van der Waals surface area contributed by atoms with Gasteiger partial charge in [-0.25, -0.2) is 8.42 Å². The average Bonchev–Trinajstić information content (AvgIpc) is 3.04. The number of benzene rings is 1. The van der Waals surface area contributed by atoms with Crippen molar-refractivity contribution in [3.05, 3.63) is 30.3 Å². The molecule has 0 unspecified atom stereocenters. The quantitative estimate of drug-likeness (QED) is 0.819. The largest absolute Gasteiger partial charge is 0.390 e. The molecule has 1 heterocycles. The van der Waals surface area contributed by atoms with Crippen LogP contribution in [0.4, 0.5) is 0 Å². The lowest BCUT2D eigenvalue weighted by Gasteiger charge is -2.58. The molecule has 28 heavy (non-hydrogen) atoms. The molecule has 1 aliphatic heterocycles. The third-order valence-corrected chi connectivity index (χ3v) is 9.77. The molecule has 1 aromatic carbocycles. The Morgan fingerprint density at radius 2 is 1.61 bits per heavy atom. The summed E-state index contributed by atoms with van der Waals surface area (Å²) in [5.41, 5.74) is 0.398. The summed E-state index contributed by atoms with van der Waals surface area (Å²) in [6.45, 7) is 1.56. The third kappa shape index (κ3) is 3.22. The van der Waals surface area contributed by atoms with Crippen molar-refractivity contribution in [3.8, 4) is 0 Å². The number of rotatable bonds is 5. The van der Waals surface area contributed by atoms with Gasteiger partial charge < -0.3 is 5.11 Å². The first-order chi connectivity index (χ1) is 13.3. The van der Waals surface area contributed by atoms with Crippen LogP contribution in [-0.2, 0) is 10.0 Å². The lowest BCUT2D eigenvalue weighted by molar-refractivity contribution is -0.0743. The maximum atomic E-state index is 13.0. The van der Waals surface area contributed by atoms with Crippen LogP contribution in [0.1, 0.15) is 38.5 Å². The maximum absolute atomic E-state index is 13.0. The molecule has 154 valence electrons. The molecule has 5 fully saturated rings. The normalized spacial score (nSPS) is 40.5. The Hall–Kier alpha value is -0.950. The lowest BCUT2D eigenvalue weighted by Crippen LogP contribution is -2.53. The molecule has 1 N–H and O–H groups in total. The molecule has 1 aromatic rings. The van der Waals surface area contributed by atoms with E-state index < -0.39 is 16.1 Å². The zero-order chi connectivity index (χ0) is 19.5. The second-order valence-electron chi connectivity index (χ2n) is 10.1. The first-order valence-corrected chi connectivity index (χ1v) is 12.2. The molecular formula is C22H32N2O3S. The molecule has 2 atom stereocenters. The van der Waals surface area contributed by atoms with Crippen molar-refractivity contribution in [3.63, 3.8) is 0 Å². The molecular weight excluding hydrogens is 372 g/mol. The van der Waals surface area contributed by atoms with Crippen molar-refractivity contribution in [2.75, 3.05) is 26.7 Å². The number of hydrogen-bond donors (Lipinski definition) is 1. The van der Waals surface area contributed by atoms with Gasteiger partial charge in [-0.3, -0.25) is 4.90 Å². The highest BCUT2D eigenvalue weighted by Crippen LogP contribution is 2.60. The summed E-state index contributed by atoms with van der Waals surface area (Å²) in [7, 11) is -1.46. The van der Waals surface area contributed by atoms with E-state index in [1.165, 1.54) is 42.8 Å². The lowest BCUT2D eigenvalue weighted by atomic mass is 9.49. The average molecular weight is 405 g/mol. The number of sulfonamides is 1. The van der Waals surface area contributed by atoms with E-state index in [4.69, 9.17) is 0 Å². The molecule has 5 nitrogen and oxygen atoms in total. The van der Waals surface area contributed by atoms with Crippen molar-refractivity contribution in [2.45, 2.75) is 55.6 Å². The standard InChI is InChI=1S/C22H32N2O3S/c1-23(15-22-10-16-7-17(11-22)9-18(8-16)12-22)20-13-24(14-21(20)25)28(26,27)19-5-3-2-4-6-19/h2-6,16-18,20-21,25H,7-15H2,1H3/t16?,17?,18?,20-,21-,22?/m1/s1. The fraction of sp³-hybridized carbons (Fsp3) is 0.727. The number of aliphatic hydroxyl groups is 1. The minimum atomic E-state index is -3.54. The molecule has 4 saturated carbocycles. The first-order valence-electron chi connectivity index (χ1n) is 10.8. The molecule has 1 saturated heterocycles. The van der Waals surface area contributed by atoms with Crippen LogP contribution >= 0.6 is 0 Å². The highest BCUT2D eigenvalue weighted by molar-refractivity contribution is 7.89. The molecule has 5 aliphatic rings. The van der Waals surface area contributed by atoms with Crippen LogP contribution in [0.3, 0.4) is 0 Å². The summed E-state index contributed by atoms with van der Waals surface area (Å²) in [5.74, 6) is 2.72. The Labute approximate surface area is 168 Å². The van der Waals surface area contributed by atoms with Crippen LogP contribution < -0.4 is 0 Å². The summed E-state index contributed by atoms with van der Waals surface area (Å²) >= 11 is 0. The van der Waals surface area contributed by atoms with Gasteiger partial charge >= 0.3 is 0 Å². The molecule has 4 aliphatic carbocycles. The predicted octanol–water partition coefficient (Wildman–Crippen LogP) is 2.57. The van der Waals surface area contributed by atoms with Crippen LogP contribution in [0.25, 0.3) is 0 Å². The SMILES string of the molecule is CN(CC12CC3CC(CC(C3)C1)C2)[C@@H]1CN(S(=O)(=O)c2ccccc2)C[C@H]1O. The minimum Gasteiger partial charge on any atom is -0.390 e. The number of nitrogens with zero attached hydrogens (tertiary/aromatic N) is 2. The molecule has 0 spiro atoms. The van der Waals surface area contributed by atoms with Crippen LogP contribution in [0, 0.1) is 23.2 Å². The van der Waals surface area contributed by atoms with Gasteiger partial charge in [0.05, 0.1) is 17.0 Å². The minimum absolute atomic E-state index is 0.119. The Bertz CT molecular complexity index is 790. The summed E-state index contributed by atoms with van der Waals surface area (Å²) in [6.07, 6.45) is 7.65. The predicted molar refractivity (Wildman–Crippen MR) is 108 cm³/mol. The summed E-state index contributed by atoms with van der Waals surface area (Å²) in [4.78, 5) is 2.59. The summed E-state index contributed by atoms with van der Waals surface area (Å²) in [5, 5.41) is 10.7. The Morgan fingerprint density at radius 3 is 2.18 bits per heavy atom. The van der Waals surface area contributed by atoms with Gasteiger partial charge in [0.25, 0.3) is 0 Å². The number of aliphatic hydroxyl groups excluding tert-OH is 1. The number of likely N-dealkylation sites (N-methyl/N-ethyl adjacent to an activating group) is 1. The fourth-order valence-corrected chi connectivity index (χ4v) is 8.73. The molecule has 0 aromatic heterocycles. The monoisotopic (exact) mass is 404 g/mol. The van der Waals surface area contributed by atoms with Crippen LogP contribution in [-0.4, -0.2) is 61.6 Å². The van der Waals surface area contributed by atoms with Crippen molar-refractivity contribution < 1.29 is 13.5 Å². The summed E-state index contributed by atoms with van der Waals surface area (Å²) in [6, 6.07) is 8.46. The summed E-state index contributed by atoms with van der Waals surface area (Å²) < 4.78 is 27.4. The van der Waals surface area contributed by atoms with Gasteiger partial charge in [0, 0.05) is 19.6 Å². The van der Waals surface area contributed by atoms with E-state index in [-0.39, 0.29) is 12.6 Å². The smallest absolute Gasteiger partial charge is 0.243 e. The van der Waals surface area contributed by atoms with E-state index in [0.29, 0.717) is 16.9 Å². The molecule has 6 rings (SSSR count). The zero-order valence-electron chi connectivity index (χ0n) is 16.7. The number of hydrogen-bond acceptors (Lipinski definition) is 4. The van der Waals surface area contributed by atoms with Gasteiger partial charge in [-0.1, -0.05) is 18.2 Å². The van der Waals surface area contributed by atoms with E-state index in [0.717, 1.165) is 24.3 Å². The second-order valence-corrected chi connectivity index (χ2v) is 12.0. The molecule has 6 heteroatoms. The van der Waals surface area contributed by atoms with Crippen LogP contribution in [0.15, 0.2) is 35.2 Å². The van der Waals surface area contributed by atoms with E-state index in [2.05, 4.69) is 11.9 Å². The zero-order valence-corrected chi connectivity index (χ0v) is 17.5. The highest BCUT2D eigenvalue weighted by atomic mass is 32.2. The van der Waals surface area contributed by atoms with Gasteiger partial charge in [-0.05, 0) is 80.9 Å². The third-order valence-electron chi connectivity index (χ3n) is 7.92. The van der Waals surface area contributed by atoms with Crippen molar-refractivity contribution in [2.24, 2.45) is 23.2 Å². The Kier molecular flexibility index (Phi) is 4.62. The van der Waals surface area contributed by atoms with Gasteiger partial charge in [0.1, 0.15) is 0 Å². The molecule has 0 amide bonds. The fourth-order valence-electron chi connectivity index (χ4n) is 7.24. The van der Waals surface area contributed by atoms with Crippen LogP contribution in [0.5, 0.6) is 0 Å². The van der Waals surface area contributed by atoms with E-state index in [1.807, 2.05) is 6.07 Å². The van der Waals surface area contributed by atoms with Gasteiger partial charge in [0.2, 0.25) is 10.0 Å². The van der Waals surface area contributed by atoms with Gasteiger partial charge in [-0.15, -0.1) is 0 Å². The molecule has 0 radical (unpaired) electrons. The van der Waals surface area contributed by atoms with E-state index in [1.54, 1.807) is 24.3 Å². The number of β-amino-alcohol motifs (C(OH)–C–C–N with tert-alkyl or cyclic N) is 1. The van der Waals surface area contributed by atoms with E-state index >= 15 is 0 Å². The Balaban J connectivity index is 1.29. The van der Waals surface area contributed by atoms with Crippen molar-refractivity contribution in [1.29, 1.82) is 0 Å². The van der Waals surface area contributed by atoms with E-state index in [9.17, 15) is 13.5 Å². The maximum Gasteiger partial charge on any atom is 0.243 e. The van der Waals surface area contributed by atoms with Crippen LogP contribution in [0.2, 0.25) is 0 Å². The Morgan fingerprint density at radius 1 is 1.04 bits per heavy atom. The second kappa shape index (κ2) is 6.79. The van der Waals surface area contributed by atoms with Gasteiger partial charge in [0.15, 0.2) is 0 Å². The first kappa shape index (κ1) is 19.0. The van der Waals surface area contributed by atoms with Gasteiger partial charge in [-0.2, -0.15) is 4.31 Å². The van der Waals surface area contributed by atoms with Crippen molar-refractivity contribution in [1.82, 2.24) is 9.21 Å². The topological polar surface area (TPSA) is 60.9 Å². The molecule has 4 bridgehead atoms.